The minimum absolute atomic E-state index is 0.176. The van der Waals surface area contributed by atoms with Gasteiger partial charge in [-0.05, 0) is 12.3 Å². The Morgan fingerprint density at radius 3 is 2.17 bits per heavy atom. The molecule has 2 unspecified atom stereocenters. The molecule has 3 nitrogen and oxygen atoms in total. The molecule has 0 radical (unpaired) electrons. The van der Waals surface area contributed by atoms with E-state index in [4.69, 9.17) is 5.73 Å². The summed E-state index contributed by atoms with van der Waals surface area (Å²) in [6.45, 7) is 4.23. The van der Waals surface area contributed by atoms with Crippen LogP contribution in [0.2, 0.25) is 0 Å². The van der Waals surface area contributed by atoms with Gasteiger partial charge in [0.1, 0.15) is 0 Å². The molecule has 0 rings (SSSR count). The largest absolute Gasteiger partial charge is 0.329 e. The second-order valence-electron chi connectivity index (χ2n) is 3.37. The Hall–Kier alpha value is -0.0900. The Kier molecular flexibility index (Phi) is 4.78. The van der Waals surface area contributed by atoms with E-state index in [1.54, 1.807) is 0 Å². The Bertz CT molecular complexity index is 211. The van der Waals surface area contributed by atoms with Gasteiger partial charge in [0.05, 0.1) is 5.25 Å². The van der Waals surface area contributed by atoms with Gasteiger partial charge in [-0.3, -0.25) is 0 Å². The molecule has 0 aromatic rings. The van der Waals surface area contributed by atoms with Gasteiger partial charge in [0, 0.05) is 12.8 Å². The maximum absolute atomic E-state index is 11.2. The smallest absolute Gasteiger partial charge is 0.151 e. The minimum Gasteiger partial charge on any atom is -0.329 e. The Morgan fingerprint density at radius 1 is 1.42 bits per heavy atom. The van der Waals surface area contributed by atoms with Crippen LogP contribution >= 0.6 is 0 Å². The zero-order chi connectivity index (χ0) is 9.78. The van der Waals surface area contributed by atoms with E-state index in [1.165, 1.54) is 6.26 Å². The molecule has 0 aliphatic rings. The van der Waals surface area contributed by atoms with Crippen LogP contribution in [0.4, 0.5) is 0 Å². The molecule has 12 heavy (non-hydrogen) atoms. The molecule has 74 valence electrons. The fraction of sp³-hybridized carbons (Fsp3) is 1.00. The molecule has 0 saturated heterocycles. The van der Waals surface area contributed by atoms with Crippen LogP contribution in [0, 0.1) is 5.92 Å². The molecule has 0 saturated carbocycles. The average molecular weight is 193 g/mol. The molecule has 0 spiro atoms. The van der Waals surface area contributed by atoms with Gasteiger partial charge in [-0.25, -0.2) is 8.42 Å². The van der Waals surface area contributed by atoms with Crippen LogP contribution in [-0.4, -0.2) is 26.5 Å². The van der Waals surface area contributed by atoms with Gasteiger partial charge in [0.2, 0.25) is 0 Å². The highest BCUT2D eigenvalue weighted by Crippen LogP contribution is 2.15. The van der Waals surface area contributed by atoms with Crippen molar-refractivity contribution in [2.45, 2.75) is 31.9 Å². The third kappa shape index (κ3) is 3.54. The summed E-state index contributed by atoms with van der Waals surface area (Å²) in [4.78, 5) is 0. The molecular weight excluding hydrogens is 174 g/mol. The van der Waals surface area contributed by atoms with Gasteiger partial charge in [0.15, 0.2) is 9.84 Å². The van der Waals surface area contributed by atoms with E-state index in [0.717, 1.165) is 12.8 Å². The molecule has 0 bridgehead atoms. The number of rotatable bonds is 5. The molecule has 0 aliphatic heterocycles. The maximum Gasteiger partial charge on any atom is 0.151 e. The highest BCUT2D eigenvalue weighted by molar-refractivity contribution is 7.91. The van der Waals surface area contributed by atoms with Gasteiger partial charge in [0.25, 0.3) is 0 Å². The molecule has 0 heterocycles. The topological polar surface area (TPSA) is 60.2 Å². The zero-order valence-corrected chi connectivity index (χ0v) is 8.89. The van der Waals surface area contributed by atoms with E-state index < -0.39 is 9.84 Å². The van der Waals surface area contributed by atoms with E-state index >= 15 is 0 Å². The van der Waals surface area contributed by atoms with Gasteiger partial charge in [-0.1, -0.05) is 20.3 Å². The first-order valence-electron chi connectivity index (χ1n) is 4.32. The van der Waals surface area contributed by atoms with E-state index in [9.17, 15) is 8.42 Å². The Labute approximate surface area is 75.3 Å². The van der Waals surface area contributed by atoms with Crippen molar-refractivity contribution >= 4 is 9.84 Å². The monoisotopic (exact) mass is 193 g/mol. The van der Waals surface area contributed by atoms with Crippen molar-refractivity contribution in [2.75, 3.05) is 12.8 Å². The van der Waals surface area contributed by atoms with Crippen LogP contribution in [-0.2, 0) is 9.84 Å². The molecule has 2 N–H and O–H groups in total. The Morgan fingerprint density at radius 2 is 1.92 bits per heavy atom. The van der Waals surface area contributed by atoms with Crippen LogP contribution < -0.4 is 5.73 Å². The molecule has 0 amide bonds. The van der Waals surface area contributed by atoms with E-state index in [0.29, 0.717) is 0 Å². The third-order valence-corrected chi connectivity index (χ3v) is 3.92. The number of hydrogen-bond donors (Lipinski definition) is 1. The Balaban J connectivity index is 4.35. The van der Waals surface area contributed by atoms with Crippen molar-refractivity contribution < 1.29 is 8.42 Å². The van der Waals surface area contributed by atoms with Gasteiger partial charge in [-0.15, -0.1) is 0 Å². The molecule has 2 atom stereocenters. The number of nitrogens with two attached hydrogens (primary N) is 1. The summed E-state index contributed by atoms with van der Waals surface area (Å²) in [6.07, 6.45) is 3.19. The summed E-state index contributed by atoms with van der Waals surface area (Å²) in [5.41, 5.74) is 5.41. The standard InChI is InChI=1S/C8H19NO2S/c1-4-5-7(2)8(6-9)12(3,10)11/h7-8H,4-6,9H2,1-3H3. The van der Waals surface area contributed by atoms with Crippen molar-refractivity contribution in [3.63, 3.8) is 0 Å². The predicted molar refractivity (Wildman–Crippen MR) is 51.8 cm³/mol. The van der Waals surface area contributed by atoms with Crippen molar-refractivity contribution in [2.24, 2.45) is 11.7 Å². The first kappa shape index (κ1) is 11.9. The summed E-state index contributed by atoms with van der Waals surface area (Å²) in [6, 6.07) is 0. The highest BCUT2D eigenvalue weighted by atomic mass is 32.2. The van der Waals surface area contributed by atoms with Crippen molar-refractivity contribution in [1.29, 1.82) is 0 Å². The third-order valence-electron chi connectivity index (χ3n) is 2.16. The van der Waals surface area contributed by atoms with E-state index in [2.05, 4.69) is 0 Å². The molecule has 0 fully saturated rings. The van der Waals surface area contributed by atoms with Crippen molar-refractivity contribution in [1.82, 2.24) is 0 Å². The first-order chi connectivity index (χ1) is 5.43. The normalized spacial score (nSPS) is 17.3. The van der Waals surface area contributed by atoms with Crippen molar-refractivity contribution in [3.8, 4) is 0 Å². The SMILES string of the molecule is CCCC(C)C(CN)S(C)(=O)=O. The first-order valence-corrected chi connectivity index (χ1v) is 6.27. The lowest BCUT2D eigenvalue weighted by Crippen LogP contribution is -2.34. The highest BCUT2D eigenvalue weighted by Gasteiger charge is 2.24. The summed E-state index contributed by atoms with van der Waals surface area (Å²) in [5.74, 6) is 0.176. The van der Waals surface area contributed by atoms with Crippen LogP contribution in [0.3, 0.4) is 0 Å². The maximum atomic E-state index is 11.2. The van der Waals surface area contributed by atoms with Crippen LogP contribution in [0.25, 0.3) is 0 Å². The van der Waals surface area contributed by atoms with Crippen LogP contribution in [0.1, 0.15) is 26.7 Å². The van der Waals surface area contributed by atoms with Gasteiger partial charge >= 0.3 is 0 Å². The van der Waals surface area contributed by atoms with E-state index in [1.807, 2.05) is 13.8 Å². The predicted octanol–water partition coefficient (Wildman–Crippen LogP) is 0.795. The quantitative estimate of drug-likeness (QED) is 0.702. The second kappa shape index (κ2) is 4.82. The summed E-state index contributed by atoms with van der Waals surface area (Å²) in [5, 5.41) is -0.363. The number of sulfone groups is 1. The lowest BCUT2D eigenvalue weighted by molar-refractivity contribution is 0.477. The van der Waals surface area contributed by atoms with Gasteiger partial charge in [-0.2, -0.15) is 0 Å². The minimum atomic E-state index is -2.96. The molecule has 0 aromatic heterocycles. The molecule has 0 aliphatic carbocycles. The lowest BCUT2D eigenvalue weighted by Gasteiger charge is -2.19. The summed E-state index contributed by atoms with van der Waals surface area (Å²) in [7, 11) is -2.96. The van der Waals surface area contributed by atoms with Crippen LogP contribution in [0.15, 0.2) is 0 Å². The average Bonchev–Trinajstić information content (AvgIpc) is 1.85. The number of hydrogen-bond acceptors (Lipinski definition) is 3. The summed E-state index contributed by atoms with van der Waals surface area (Å²) >= 11 is 0. The zero-order valence-electron chi connectivity index (χ0n) is 8.08. The molecule has 0 aromatic carbocycles. The molecular formula is C8H19NO2S. The summed E-state index contributed by atoms with van der Waals surface area (Å²) < 4.78 is 22.4. The fourth-order valence-electron chi connectivity index (χ4n) is 1.47. The van der Waals surface area contributed by atoms with E-state index in [-0.39, 0.29) is 17.7 Å². The van der Waals surface area contributed by atoms with Crippen LogP contribution in [0.5, 0.6) is 0 Å². The molecule has 4 heteroatoms. The fourth-order valence-corrected chi connectivity index (χ4v) is 2.80. The second-order valence-corrected chi connectivity index (χ2v) is 5.63. The van der Waals surface area contributed by atoms with Crippen molar-refractivity contribution in [3.05, 3.63) is 0 Å². The lowest BCUT2D eigenvalue weighted by atomic mass is 10.0. The van der Waals surface area contributed by atoms with Gasteiger partial charge < -0.3 is 5.73 Å².